The number of hydrogen-bond donors (Lipinski definition) is 2. The van der Waals surface area contributed by atoms with Gasteiger partial charge in [0.1, 0.15) is 0 Å². The Kier molecular flexibility index (Phi) is 6.45. The number of aromatic nitrogens is 2. The lowest BCUT2D eigenvalue weighted by molar-refractivity contribution is 0.161. The second-order valence-corrected chi connectivity index (χ2v) is 6.46. The molecule has 0 radical (unpaired) electrons. The van der Waals surface area contributed by atoms with Crippen molar-refractivity contribution >= 4 is 6.03 Å². The molecule has 130 valence electrons. The predicted molar refractivity (Wildman–Crippen MR) is 92.5 cm³/mol. The summed E-state index contributed by atoms with van der Waals surface area (Å²) in [6, 6.07) is 0.538. The van der Waals surface area contributed by atoms with Gasteiger partial charge in [-0.3, -0.25) is 9.58 Å². The molecule has 2 rings (SSSR count). The highest BCUT2D eigenvalue weighted by atomic mass is 16.2. The van der Waals surface area contributed by atoms with Crippen LogP contribution in [-0.4, -0.2) is 46.4 Å². The van der Waals surface area contributed by atoms with Crippen molar-refractivity contribution in [2.75, 3.05) is 19.6 Å². The highest BCUT2D eigenvalue weighted by Crippen LogP contribution is 2.15. The third-order valence-electron chi connectivity index (χ3n) is 4.88. The van der Waals surface area contributed by atoms with Crippen molar-refractivity contribution in [2.24, 2.45) is 0 Å². The Hall–Kier alpha value is -1.56. The number of aryl methyl sites for hydroxylation is 2. The maximum atomic E-state index is 12.0. The van der Waals surface area contributed by atoms with Crippen molar-refractivity contribution < 1.29 is 4.79 Å². The molecule has 1 fully saturated rings. The second kappa shape index (κ2) is 8.34. The third kappa shape index (κ3) is 4.70. The number of nitrogens with one attached hydrogen (secondary N) is 2. The molecular weight excluding hydrogens is 290 g/mol. The van der Waals surface area contributed by atoms with Crippen LogP contribution in [0.4, 0.5) is 4.79 Å². The normalized spacial score (nSPS) is 18.9. The van der Waals surface area contributed by atoms with Crippen LogP contribution in [0.25, 0.3) is 0 Å². The number of carbonyl (C=O) groups is 1. The van der Waals surface area contributed by atoms with Crippen LogP contribution in [0.2, 0.25) is 0 Å². The number of hydrogen-bond acceptors (Lipinski definition) is 3. The average Bonchev–Trinajstić information content (AvgIpc) is 2.81. The minimum absolute atomic E-state index is 0.0993. The Bertz CT molecular complexity index is 525. The summed E-state index contributed by atoms with van der Waals surface area (Å²) in [6.45, 7) is 12.6. The topological polar surface area (TPSA) is 62.2 Å². The first-order chi connectivity index (χ1) is 11.0. The molecule has 1 aromatic heterocycles. The van der Waals surface area contributed by atoms with E-state index in [1.165, 1.54) is 19.3 Å². The van der Waals surface area contributed by atoms with Crippen molar-refractivity contribution in [1.82, 2.24) is 25.3 Å². The molecule has 0 spiro atoms. The van der Waals surface area contributed by atoms with Crippen LogP contribution >= 0.6 is 0 Å². The number of rotatable bonds is 6. The monoisotopic (exact) mass is 321 g/mol. The van der Waals surface area contributed by atoms with E-state index in [1.54, 1.807) is 0 Å². The molecule has 0 unspecified atom stereocenters. The van der Waals surface area contributed by atoms with Gasteiger partial charge in [0.2, 0.25) is 0 Å². The van der Waals surface area contributed by atoms with E-state index < -0.39 is 0 Å². The zero-order valence-electron chi connectivity index (χ0n) is 15.0. The highest BCUT2D eigenvalue weighted by molar-refractivity contribution is 5.73. The molecule has 0 aliphatic carbocycles. The van der Waals surface area contributed by atoms with E-state index in [9.17, 15) is 4.79 Å². The molecule has 1 saturated heterocycles. The van der Waals surface area contributed by atoms with Crippen LogP contribution in [-0.2, 0) is 13.1 Å². The molecule has 1 aliphatic rings. The lowest BCUT2D eigenvalue weighted by Crippen LogP contribution is -2.44. The number of piperidine rings is 1. The standard InChI is InChI=1S/C17H31N5O/c1-5-22-15(4)16(14(3)20-22)12-19-17(23)18-9-11-21-10-7-6-8-13(21)2/h13H,5-12H2,1-4H3,(H2,18,19,23)/t13-/m1/s1. The molecule has 0 saturated carbocycles. The molecule has 0 bridgehead atoms. The first-order valence-corrected chi connectivity index (χ1v) is 8.81. The van der Waals surface area contributed by atoms with Gasteiger partial charge in [-0.15, -0.1) is 0 Å². The van der Waals surface area contributed by atoms with E-state index in [1.807, 2.05) is 11.6 Å². The first-order valence-electron chi connectivity index (χ1n) is 8.81. The zero-order valence-corrected chi connectivity index (χ0v) is 15.0. The van der Waals surface area contributed by atoms with Crippen molar-refractivity contribution in [2.45, 2.75) is 66.1 Å². The van der Waals surface area contributed by atoms with Crippen LogP contribution in [0.15, 0.2) is 0 Å². The number of carbonyl (C=O) groups excluding carboxylic acids is 1. The quantitative estimate of drug-likeness (QED) is 0.844. The highest BCUT2D eigenvalue weighted by Gasteiger charge is 2.17. The van der Waals surface area contributed by atoms with Gasteiger partial charge in [-0.05, 0) is 47.1 Å². The summed E-state index contributed by atoms with van der Waals surface area (Å²) in [5.41, 5.74) is 3.24. The molecule has 1 atom stereocenters. The molecule has 6 heteroatoms. The Balaban J connectivity index is 1.72. The molecule has 1 aliphatic heterocycles. The van der Waals surface area contributed by atoms with Gasteiger partial charge in [-0.25, -0.2) is 4.79 Å². The molecule has 2 heterocycles. The van der Waals surface area contributed by atoms with E-state index in [0.29, 0.717) is 19.1 Å². The maximum Gasteiger partial charge on any atom is 0.315 e. The van der Waals surface area contributed by atoms with E-state index in [-0.39, 0.29) is 6.03 Å². The number of nitrogens with zero attached hydrogens (tertiary/aromatic N) is 3. The molecule has 2 N–H and O–H groups in total. The van der Waals surface area contributed by atoms with Gasteiger partial charge < -0.3 is 10.6 Å². The van der Waals surface area contributed by atoms with Crippen molar-refractivity contribution in [3.63, 3.8) is 0 Å². The summed E-state index contributed by atoms with van der Waals surface area (Å²) in [4.78, 5) is 14.4. The molecule has 23 heavy (non-hydrogen) atoms. The summed E-state index contributed by atoms with van der Waals surface area (Å²) in [5, 5.41) is 10.4. The SMILES string of the molecule is CCn1nc(C)c(CNC(=O)NCCN2CCCC[C@H]2C)c1C. The summed E-state index contributed by atoms with van der Waals surface area (Å²) in [7, 11) is 0. The maximum absolute atomic E-state index is 12.0. The third-order valence-corrected chi connectivity index (χ3v) is 4.88. The lowest BCUT2D eigenvalue weighted by Gasteiger charge is -2.33. The molecule has 6 nitrogen and oxygen atoms in total. The van der Waals surface area contributed by atoms with Crippen LogP contribution in [0.3, 0.4) is 0 Å². The zero-order chi connectivity index (χ0) is 16.8. The fourth-order valence-electron chi connectivity index (χ4n) is 3.33. The van der Waals surface area contributed by atoms with Crippen molar-refractivity contribution in [3.8, 4) is 0 Å². The van der Waals surface area contributed by atoms with Crippen LogP contribution < -0.4 is 10.6 Å². The van der Waals surface area contributed by atoms with Gasteiger partial charge in [0.15, 0.2) is 0 Å². The summed E-state index contributed by atoms with van der Waals surface area (Å²) in [5.74, 6) is 0. The average molecular weight is 321 g/mol. The van der Waals surface area contributed by atoms with Gasteiger partial charge in [-0.1, -0.05) is 6.42 Å². The Morgan fingerprint density at radius 2 is 2.09 bits per heavy atom. The van der Waals surface area contributed by atoms with Crippen molar-refractivity contribution in [1.29, 1.82) is 0 Å². The minimum atomic E-state index is -0.0993. The second-order valence-electron chi connectivity index (χ2n) is 6.46. The summed E-state index contributed by atoms with van der Waals surface area (Å²) < 4.78 is 1.97. The fourth-order valence-corrected chi connectivity index (χ4v) is 3.33. The lowest BCUT2D eigenvalue weighted by atomic mass is 10.0. The number of amides is 2. The minimum Gasteiger partial charge on any atom is -0.337 e. The molecule has 0 aromatic carbocycles. The molecule has 1 aromatic rings. The molecular formula is C17H31N5O. The van der Waals surface area contributed by atoms with Crippen molar-refractivity contribution in [3.05, 3.63) is 17.0 Å². The van der Waals surface area contributed by atoms with Crippen LogP contribution in [0, 0.1) is 13.8 Å². The van der Waals surface area contributed by atoms with E-state index in [2.05, 4.69) is 41.4 Å². The van der Waals surface area contributed by atoms with Gasteiger partial charge in [-0.2, -0.15) is 5.10 Å². The van der Waals surface area contributed by atoms with Gasteiger partial charge >= 0.3 is 6.03 Å². The smallest absolute Gasteiger partial charge is 0.315 e. The van der Waals surface area contributed by atoms with Gasteiger partial charge in [0.25, 0.3) is 0 Å². The van der Waals surface area contributed by atoms with Crippen LogP contribution in [0.5, 0.6) is 0 Å². The van der Waals surface area contributed by atoms with E-state index in [0.717, 1.165) is 36.6 Å². The van der Waals surface area contributed by atoms with Crippen LogP contribution in [0.1, 0.15) is 50.1 Å². The van der Waals surface area contributed by atoms with Gasteiger partial charge in [0.05, 0.1) is 5.69 Å². The predicted octanol–water partition coefficient (Wildman–Crippen LogP) is 2.19. The van der Waals surface area contributed by atoms with E-state index in [4.69, 9.17) is 0 Å². The summed E-state index contributed by atoms with van der Waals surface area (Å²) >= 11 is 0. The Labute approximate surface area is 139 Å². The largest absolute Gasteiger partial charge is 0.337 e. The molecule has 2 amide bonds. The number of urea groups is 1. The number of likely N-dealkylation sites (tertiary alicyclic amines) is 1. The Morgan fingerprint density at radius 1 is 1.30 bits per heavy atom. The first kappa shape index (κ1) is 17.8. The van der Waals surface area contributed by atoms with E-state index >= 15 is 0 Å². The fraction of sp³-hybridized carbons (Fsp3) is 0.765. The Morgan fingerprint density at radius 3 is 2.74 bits per heavy atom. The van der Waals surface area contributed by atoms with Gasteiger partial charge in [0, 0.05) is 43.5 Å². The summed E-state index contributed by atoms with van der Waals surface area (Å²) in [6.07, 6.45) is 3.87.